The Labute approximate surface area is 65.4 Å². The molecule has 0 radical (unpaired) electrons. The summed E-state index contributed by atoms with van der Waals surface area (Å²) in [6, 6.07) is 0. The van der Waals surface area contributed by atoms with Gasteiger partial charge < -0.3 is 5.32 Å². The van der Waals surface area contributed by atoms with E-state index in [1.54, 1.807) is 0 Å². The monoisotopic (exact) mass is 155 g/mol. The lowest BCUT2D eigenvalue weighted by Crippen LogP contribution is -2.28. The number of rotatable bonds is 6. The average Bonchev–Trinajstić information content (AvgIpc) is 1.99. The van der Waals surface area contributed by atoms with Gasteiger partial charge in [-0.1, -0.05) is 18.3 Å². The number of hydrogen-bond acceptors (Lipinski definition) is 1. The first kappa shape index (κ1) is 9.66. The Morgan fingerprint density at radius 3 is 2.40 bits per heavy atom. The summed E-state index contributed by atoms with van der Waals surface area (Å²) in [4.78, 5) is 0. The van der Waals surface area contributed by atoms with E-state index in [9.17, 15) is 0 Å². The fraction of sp³-hybridized carbons (Fsp3) is 0.500. The van der Waals surface area contributed by atoms with Crippen LogP contribution in [0.5, 0.6) is 0 Å². The van der Waals surface area contributed by atoms with Crippen LogP contribution in [0.1, 0.15) is 13.3 Å². The third kappa shape index (κ3) is 4.53. The summed E-state index contributed by atoms with van der Waals surface area (Å²) in [6.45, 7) is 10.8. The Bertz CT molecular complexity index is 93.4. The second-order valence-electron chi connectivity index (χ2n) is 2.34. The molecule has 0 saturated heterocycles. The minimum Gasteiger partial charge on any atom is -0.319 e. The zero-order valence-corrected chi connectivity index (χ0v) is 7.92. The summed E-state index contributed by atoms with van der Waals surface area (Å²) < 4.78 is 0. The predicted octanol–water partition coefficient (Wildman–Crippen LogP) is 1.20. The lowest BCUT2D eigenvalue weighted by atomic mass is 10.5. The molecule has 0 aromatic heterocycles. The molecule has 0 spiro atoms. The van der Waals surface area contributed by atoms with Gasteiger partial charge in [-0.05, 0) is 19.1 Å². The lowest BCUT2D eigenvalue weighted by Gasteiger charge is -2.05. The second kappa shape index (κ2) is 6.77. The maximum Gasteiger partial charge on any atom is 0.0979 e. The molecule has 0 saturated carbocycles. The van der Waals surface area contributed by atoms with Crippen molar-refractivity contribution in [2.24, 2.45) is 0 Å². The van der Waals surface area contributed by atoms with Crippen molar-refractivity contribution < 1.29 is 0 Å². The summed E-state index contributed by atoms with van der Waals surface area (Å²) in [5, 5.41) is 3.36. The standard InChI is InChI=1S/C8H17NSi/c1-4-7-9-8-10(5-2)6-3/h5-6,9-10H,2-4,7-8H2,1H3. The quantitative estimate of drug-likeness (QED) is 0.449. The first-order valence-corrected chi connectivity index (χ1v) is 5.96. The molecule has 0 heterocycles. The van der Waals surface area contributed by atoms with Gasteiger partial charge in [-0.25, -0.2) is 0 Å². The number of hydrogen-bond donors (Lipinski definition) is 1. The normalized spacial score (nSPS) is 9.80. The van der Waals surface area contributed by atoms with Crippen LogP contribution >= 0.6 is 0 Å². The maximum absolute atomic E-state index is 3.76. The average molecular weight is 155 g/mol. The molecule has 0 fully saturated rings. The van der Waals surface area contributed by atoms with Crippen molar-refractivity contribution in [1.82, 2.24) is 5.32 Å². The van der Waals surface area contributed by atoms with E-state index >= 15 is 0 Å². The molecule has 0 aliphatic carbocycles. The predicted molar refractivity (Wildman–Crippen MR) is 50.7 cm³/mol. The van der Waals surface area contributed by atoms with Gasteiger partial charge in [0.25, 0.3) is 0 Å². The molecule has 1 N–H and O–H groups in total. The van der Waals surface area contributed by atoms with Gasteiger partial charge in [0.05, 0.1) is 8.80 Å². The van der Waals surface area contributed by atoms with Gasteiger partial charge >= 0.3 is 0 Å². The van der Waals surface area contributed by atoms with Crippen LogP contribution < -0.4 is 5.32 Å². The highest BCUT2D eigenvalue weighted by atomic mass is 28.3. The van der Waals surface area contributed by atoms with Crippen LogP contribution in [-0.4, -0.2) is 21.5 Å². The maximum atomic E-state index is 3.76. The van der Waals surface area contributed by atoms with Gasteiger partial charge in [0.2, 0.25) is 0 Å². The Kier molecular flexibility index (Phi) is 6.54. The van der Waals surface area contributed by atoms with Crippen LogP contribution in [0.3, 0.4) is 0 Å². The fourth-order valence-corrected chi connectivity index (χ4v) is 1.77. The largest absolute Gasteiger partial charge is 0.319 e. The van der Waals surface area contributed by atoms with E-state index in [0.717, 1.165) is 12.7 Å². The Morgan fingerprint density at radius 1 is 1.40 bits per heavy atom. The summed E-state index contributed by atoms with van der Waals surface area (Å²) in [5.74, 6) is 0. The van der Waals surface area contributed by atoms with Gasteiger partial charge in [-0.15, -0.1) is 13.2 Å². The molecule has 0 aliphatic rings. The Hall–Kier alpha value is -0.343. The summed E-state index contributed by atoms with van der Waals surface area (Å²) in [6.07, 6.45) is 2.32. The summed E-state index contributed by atoms with van der Waals surface area (Å²) in [7, 11) is -0.807. The van der Waals surface area contributed by atoms with Crippen LogP contribution in [-0.2, 0) is 0 Å². The summed E-state index contributed by atoms with van der Waals surface area (Å²) in [5.41, 5.74) is 4.10. The van der Waals surface area contributed by atoms with Crippen LogP contribution in [0, 0.1) is 0 Å². The molecule has 0 atom stereocenters. The van der Waals surface area contributed by atoms with E-state index < -0.39 is 8.80 Å². The van der Waals surface area contributed by atoms with Gasteiger partial charge in [-0.2, -0.15) is 0 Å². The van der Waals surface area contributed by atoms with E-state index in [4.69, 9.17) is 0 Å². The Balaban J connectivity index is 3.25. The zero-order chi connectivity index (χ0) is 7.82. The van der Waals surface area contributed by atoms with Crippen molar-refractivity contribution in [3.63, 3.8) is 0 Å². The van der Waals surface area contributed by atoms with Crippen LogP contribution in [0.2, 0.25) is 0 Å². The van der Waals surface area contributed by atoms with Crippen molar-refractivity contribution in [1.29, 1.82) is 0 Å². The third-order valence-electron chi connectivity index (χ3n) is 1.41. The first-order valence-electron chi connectivity index (χ1n) is 3.81. The molecular formula is C8H17NSi. The van der Waals surface area contributed by atoms with E-state index in [2.05, 4.69) is 36.8 Å². The van der Waals surface area contributed by atoms with Crippen LogP contribution in [0.15, 0.2) is 24.6 Å². The van der Waals surface area contributed by atoms with E-state index in [1.165, 1.54) is 6.42 Å². The molecule has 2 heteroatoms. The second-order valence-corrected chi connectivity index (χ2v) is 5.02. The van der Waals surface area contributed by atoms with E-state index in [1.807, 2.05) is 0 Å². The topological polar surface area (TPSA) is 12.0 Å². The van der Waals surface area contributed by atoms with Crippen molar-refractivity contribution in [3.05, 3.63) is 24.6 Å². The molecule has 0 bridgehead atoms. The van der Waals surface area contributed by atoms with Gasteiger partial charge in [0, 0.05) is 0 Å². The van der Waals surface area contributed by atoms with Crippen molar-refractivity contribution in [2.75, 3.05) is 12.7 Å². The smallest absolute Gasteiger partial charge is 0.0979 e. The zero-order valence-electron chi connectivity index (χ0n) is 6.77. The molecule has 0 rings (SSSR count). The minimum atomic E-state index is -0.807. The van der Waals surface area contributed by atoms with Crippen LogP contribution in [0.25, 0.3) is 0 Å². The SMILES string of the molecule is C=C[SiH](C=C)CNCCC. The first-order chi connectivity index (χ1) is 4.85. The molecule has 0 amide bonds. The van der Waals surface area contributed by atoms with Crippen molar-refractivity contribution in [3.8, 4) is 0 Å². The van der Waals surface area contributed by atoms with Crippen LogP contribution in [0.4, 0.5) is 0 Å². The highest BCUT2D eigenvalue weighted by Crippen LogP contribution is 1.82. The highest BCUT2D eigenvalue weighted by Gasteiger charge is 1.97. The number of nitrogens with one attached hydrogen (secondary N) is 1. The fourth-order valence-electron chi connectivity index (χ4n) is 0.708. The highest BCUT2D eigenvalue weighted by molar-refractivity contribution is 6.69. The van der Waals surface area contributed by atoms with Gasteiger partial charge in [-0.3, -0.25) is 0 Å². The Morgan fingerprint density at radius 2 is 2.00 bits per heavy atom. The molecule has 10 heavy (non-hydrogen) atoms. The molecule has 0 aromatic carbocycles. The van der Waals surface area contributed by atoms with E-state index in [-0.39, 0.29) is 0 Å². The molecule has 0 aliphatic heterocycles. The molecule has 1 nitrogen and oxygen atoms in total. The van der Waals surface area contributed by atoms with Gasteiger partial charge in [0.15, 0.2) is 0 Å². The van der Waals surface area contributed by atoms with Crippen molar-refractivity contribution in [2.45, 2.75) is 13.3 Å². The van der Waals surface area contributed by atoms with Gasteiger partial charge in [0.1, 0.15) is 0 Å². The molecule has 0 unspecified atom stereocenters. The van der Waals surface area contributed by atoms with Crippen molar-refractivity contribution >= 4 is 8.80 Å². The lowest BCUT2D eigenvalue weighted by molar-refractivity contribution is 0.748. The molecule has 58 valence electrons. The summed E-state index contributed by atoms with van der Waals surface area (Å²) >= 11 is 0. The molecular weight excluding hydrogens is 138 g/mol. The van der Waals surface area contributed by atoms with E-state index in [0.29, 0.717) is 0 Å². The molecule has 0 aromatic rings. The minimum absolute atomic E-state index is 0.807. The third-order valence-corrected chi connectivity index (χ3v) is 3.38.